The van der Waals surface area contributed by atoms with Gasteiger partial charge >= 0.3 is 10.5 Å². The molecule has 0 aliphatic heterocycles. The van der Waals surface area contributed by atoms with E-state index in [1.807, 2.05) is 35.2 Å². The molecule has 5 aliphatic rings. The molecule has 0 saturated heterocycles. The molecule has 1 N–H and O–H groups in total. The van der Waals surface area contributed by atoms with Gasteiger partial charge in [0.2, 0.25) is 5.91 Å². The normalized spacial score (nSPS) is 39.6. The molecule has 8 heteroatoms. The van der Waals surface area contributed by atoms with E-state index in [2.05, 4.69) is 16.6 Å². The summed E-state index contributed by atoms with van der Waals surface area (Å²) in [6.45, 7) is 2.37. The quantitative estimate of drug-likeness (QED) is 0.699. The number of thiocarbonyl (C=S) groups is 1. The summed E-state index contributed by atoms with van der Waals surface area (Å²) in [6.07, 6.45) is 5.86. The number of nitrogens with one attached hydrogen (secondary N) is 1. The number of amides is 1. The van der Waals surface area contributed by atoms with Gasteiger partial charge in [0.1, 0.15) is 5.41 Å². The molecule has 0 radical (unpaired) electrons. The fourth-order valence-corrected chi connectivity index (χ4v) is 7.96. The van der Waals surface area contributed by atoms with Crippen molar-refractivity contribution < 1.29 is 13.2 Å². The zero-order valence-corrected chi connectivity index (χ0v) is 19.6. The molecule has 4 unspecified atom stereocenters. The van der Waals surface area contributed by atoms with E-state index in [0.29, 0.717) is 35.2 Å². The second-order valence-corrected chi connectivity index (χ2v) is 11.2. The van der Waals surface area contributed by atoms with Crippen LogP contribution in [0.25, 0.3) is 0 Å². The second kappa shape index (κ2) is 7.37. The van der Waals surface area contributed by atoms with Crippen LogP contribution in [0.4, 0.5) is 0 Å². The van der Waals surface area contributed by atoms with Crippen molar-refractivity contribution >= 4 is 33.7 Å². The molecule has 4 bridgehead atoms. The van der Waals surface area contributed by atoms with Crippen molar-refractivity contribution in [3.05, 3.63) is 35.9 Å². The average Bonchev–Trinajstić information content (AvgIpc) is 3.45. The second-order valence-electron chi connectivity index (χ2n) is 10.1. The van der Waals surface area contributed by atoms with E-state index < -0.39 is 22.0 Å². The van der Waals surface area contributed by atoms with Gasteiger partial charge in [0.05, 0.1) is 11.6 Å². The number of hydrogen-bond donors (Lipinski definition) is 1. The molecular formula is C23H29N3O3S2. The number of nitrogens with zero attached hydrogens (tertiary/aromatic N) is 2. The van der Waals surface area contributed by atoms with Crippen LogP contribution in [0.2, 0.25) is 0 Å². The van der Waals surface area contributed by atoms with Gasteiger partial charge in [-0.1, -0.05) is 37.3 Å². The highest BCUT2D eigenvalue weighted by molar-refractivity contribution is 7.80. The average molecular weight is 460 g/mol. The Balaban J connectivity index is 1.59. The standard InChI is InChI=1S/C23H29N3O3S2/c1-14-16-8-15-9-17(14)12-22(10-15,11-16)26(21(30)24-2)20(27)23(13-19(23)25-31(28)29)18-6-4-3-5-7-18/h3-7,14-17,19H,8-13H2,1-2H3,(H,24,30). The first kappa shape index (κ1) is 21.1. The van der Waals surface area contributed by atoms with Crippen LogP contribution in [-0.2, 0) is 20.7 Å². The van der Waals surface area contributed by atoms with Crippen LogP contribution >= 0.6 is 12.2 Å². The summed E-state index contributed by atoms with van der Waals surface area (Å²) in [5.41, 5.74) is -0.413. The molecule has 1 amide bonds. The Morgan fingerprint density at radius 2 is 1.77 bits per heavy atom. The molecule has 5 saturated carbocycles. The van der Waals surface area contributed by atoms with Gasteiger partial charge in [-0.25, -0.2) is 0 Å². The zero-order valence-electron chi connectivity index (χ0n) is 18.0. The van der Waals surface area contributed by atoms with Crippen molar-refractivity contribution in [1.82, 2.24) is 10.2 Å². The van der Waals surface area contributed by atoms with Gasteiger partial charge in [-0.15, -0.1) is 0 Å². The van der Waals surface area contributed by atoms with Crippen molar-refractivity contribution in [3.8, 4) is 0 Å². The zero-order chi connectivity index (χ0) is 22.0. The summed E-state index contributed by atoms with van der Waals surface area (Å²) in [7, 11) is -0.789. The van der Waals surface area contributed by atoms with Crippen LogP contribution < -0.4 is 5.32 Å². The van der Waals surface area contributed by atoms with Gasteiger partial charge in [0.15, 0.2) is 5.11 Å². The lowest BCUT2D eigenvalue weighted by atomic mass is 9.49. The number of benzene rings is 1. The van der Waals surface area contributed by atoms with Crippen LogP contribution in [-0.4, -0.2) is 43.0 Å². The molecule has 0 spiro atoms. The summed E-state index contributed by atoms with van der Waals surface area (Å²) in [5.74, 6) is 2.50. The Kier molecular flexibility index (Phi) is 5.01. The predicted octanol–water partition coefficient (Wildman–Crippen LogP) is 3.31. The van der Waals surface area contributed by atoms with Gasteiger partial charge in [0, 0.05) is 7.05 Å². The maximum absolute atomic E-state index is 14.4. The first-order valence-corrected chi connectivity index (χ1v) is 12.7. The Hall–Kier alpha value is -1.80. The van der Waals surface area contributed by atoms with Crippen molar-refractivity contribution in [2.45, 2.75) is 62.4 Å². The van der Waals surface area contributed by atoms with Gasteiger partial charge in [0.25, 0.3) is 0 Å². The summed E-state index contributed by atoms with van der Waals surface area (Å²) < 4.78 is 26.6. The highest BCUT2D eigenvalue weighted by atomic mass is 32.2. The summed E-state index contributed by atoms with van der Waals surface area (Å²) >= 11 is 5.73. The van der Waals surface area contributed by atoms with Crippen LogP contribution in [0.1, 0.15) is 51.0 Å². The minimum atomic E-state index is -2.55. The van der Waals surface area contributed by atoms with Crippen molar-refractivity contribution in [3.63, 3.8) is 0 Å². The van der Waals surface area contributed by atoms with E-state index >= 15 is 0 Å². The number of carbonyl (C=O) groups is 1. The SMILES string of the molecule is CNC(=S)N(C(=O)C1(c2ccccc2)CC1N=S(=O)=O)C12CC3CC(C1)C(C)C(C3)C2. The smallest absolute Gasteiger partial charge is 0.311 e. The molecule has 31 heavy (non-hydrogen) atoms. The molecule has 166 valence electrons. The first-order valence-electron chi connectivity index (χ1n) is 11.2. The molecule has 1 aromatic carbocycles. The number of carbonyl (C=O) groups excluding carboxylic acids is 1. The maximum atomic E-state index is 14.4. The lowest BCUT2D eigenvalue weighted by Crippen LogP contribution is -2.67. The third-order valence-electron chi connectivity index (χ3n) is 8.61. The molecule has 1 aromatic rings. The molecule has 0 heterocycles. The summed E-state index contributed by atoms with van der Waals surface area (Å²) in [4.78, 5) is 16.2. The van der Waals surface area contributed by atoms with E-state index in [9.17, 15) is 13.2 Å². The predicted molar refractivity (Wildman–Crippen MR) is 122 cm³/mol. The first-order chi connectivity index (χ1) is 14.8. The molecule has 6 nitrogen and oxygen atoms in total. The fraction of sp³-hybridized carbons (Fsp3) is 0.652. The monoisotopic (exact) mass is 459 g/mol. The van der Waals surface area contributed by atoms with E-state index in [1.54, 1.807) is 7.05 Å². The largest absolute Gasteiger partial charge is 0.365 e. The van der Waals surface area contributed by atoms with E-state index in [-0.39, 0.29) is 11.4 Å². The van der Waals surface area contributed by atoms with Gasteiger partial charge in [-0.3, -0.25) is 9.69 Å². The fourth-order valence-electron chi connectivity index (χ4n) is 7.22. The molecule has 6 rings (SSSR count). The van der Waals surface area contributed by atoms with Crippen molar-refractivity contribution in [2.24, 2.45) is 28.0 Å². The van der Waals surface area contributed by atoms with Crippen LogP contribution in [0, 0.1) is 23.7 Å². The molecule has 5 fully saturated rings. The van der Waals surface area contributed by atoms with Gasteiger partial charge in [-0.2, -0.15) is 12.8 Å². The van der Waals surface area contributed by atoms with Crippen LogP contribution in [0.3, 0.4) is 0 Å². The van der Waals surface area contributed by atoms with E-state index in [1.165, 1.54) is 12.8 Å². The molecule has 5 aliphatic carbocycles. The Morgan fingerprint density at radius 1 is 1.13 bits per heavy atom. The molecular weight excluding hydrogens is 430 g/mol. The van der Waals surface area contributed by atoms with Gasteiger partial charge < -0.3 is 5.32 Å². The minimum Gasteiger partial charge on any atom is -0.365 e. The third kappa shape index (κ3) is 3.17. The Morgan fingerprint density at radius 3 is 2.35 bits per heavy atom. The number of rotatable bonds is 4. The van der Waals surface area contributed by atoms with E-state index in [4.69, 9.17) is 12.2 Å². The Bertz CT molecular complexity index is 1030. The highest BCUT2D eigenvalue weighted by Gasteiger charge is 2.67. The molecule has 4 atom stereocenters. The lowest BCUT2D eigenvalue weighted by molar-refractivity contribution is -0.148. The lowest BCUT2D eigenvalue weighted by Gasteiger charge is -2.62. The van der Waals surface area contributed by atoms with E-state index in [0.717, 1.165) is 24.8 Å². The molecule has 0 aromatic heterocycles. The Labute approximate surface area is 190 Å². The van der Waals surface area contributed by atoms with Gasteiger partial charge in [-0.05, 0) is 80.0 Å². The topological polar surface area (TPSA) is 78.8 Å². The third-order valence-corrected chi connectivity index (χ3v) is 9.43. The van der Waals surface area contributed by atoms with Crippen molar-refractivity contribution in [2.75, 3.05) is 7.05 Å². The van der Waals surface area contributed by atoms with Crippen LogP contribution in [0.5, 0.6) is 0 Å². The van der Waals surface area contributed by atoms with Crippen LogP contribution in [0.15, 0.2) is 34.7 Å². The summed E-state index contributed by atoms with van der Waals surface area (Å²) in [5, 5.41) is 3.52. The minimum absolute atomic E-state index is 0.0909. The highest BCUT2D eigenvalue weighted by Crippen LogP contribution is 2.62. The summed E-state index contributed by atoms with van der Waals surface area (Å²) in [6, 6.07) is 8.92. The maximum Gasteiger partial charge on any atom is 0.311 e. The number of hydrogen-bond acceptors (Lipinski definition) is 5. The van der Waals surface area contributed by atoms with Crippen molar-refractivity contribution in [1.29, 1.82) is 0 Å².